The summed E-state index contributed by atoms with van der Waals surface area (Å²) in [5, 5.41) is 0. The third-order valence-corrected chi connectivity index (χ3v) is 3.70. The molecule has 2 N–H and O–H groups in total. The molecular formula is C13H14F3N3O2. The Morgan fingerprint density at radius 2 is 1.86 bits per heavy atom. The van der Waals surface area contributed by atoms with Crippen LogP contribution in [-0.4, -0.2) is 42.5 Å². The zero-order chi connectivity index (χ0) is 15.2. The maximum Gasteiger partial charge on any atom is 0.573 e. The van der Waals surface area contributed by atoms with E-state index in [-0.39, 0.29) is 23.9 Å². The standard InChI is InChI=1S/C13H14F3N3O2/c14-13(15,16)21-11-3-1-9(2-4-11)19-7-10-5-8(17)6-18(10)12(19)20/h1-4,8,10H,5-7,17H2. The summed E-state index contributed by atoms with van der Waals surface area (Å²) in [6.07, 6.45) is -3.97. The summed E-state index contributed by atoms with van der Waals surface area (Å²) in [5.74, 6) is -0.305. The molecule has 0 aliphatic carbocycles. The highest BCUT2D eigenvalue weighted by Gasteiger charge is 2.43. The van der Waals surface area contributed by atoms with E-state index in [9.17, 15) is 18.0 Å². The van der Waals surface area contributed by atoms with Gasteiger partial charge in [-0.3, -0.25) is 4.90 Å². The van der Waals surface area contributed by atoms with Crippen LogP contribution in [0.4, 0.5) is 23.7 Å². The molecule has 0 spiro atoms. The maximum atomic E-state index is 12.2. The summed E-state index contributed by atoms with van der Waals surface area (Å²) < 4.78 is 40.1. The van der Waals surface area contributed by atoms with E-state index >= 15 is 0 Å². The van der Waals surface area contributed by atoms with Crippen LogP contribution in [0.25, 0.3) is 0 Å². The van der Waals surface area contributed by atoms with Crippen molar-refractivity contribution in [2.24, 2.45) is 5.73 Å². The number of carbonyl (C=O) groups excluding carboxylic acids is 1. The van der Waals surface area contributed by atoms with Crippen molar-refractivity contribution in [3.63, 3.8) is 0 Å². The van der Waals surface area contributed by atoms with Gasteiger partial charge in [0.1, 0.15) is 5.75 Å². The highest BCUT2D eigenvalue weighted by Crippen LogP contribution is 2.31. The van der Waals surface area contributed by atoms with E-state index in [1.807, 2.05) is 0 Å². The average Bonchev–Trinajstić information content (AvgIpc) is 2.87. The molecule has 2 heterocycles. The van der Waals surface area contributed by atoms with Gasteiger partial charge in [0.05, 0.1) is 6.04 Å². The minimum absolute atomic E-state index is 0.00339. The number of halogens is 3. The first-order chi connectivity index (χ1) is 9.83. The molecule has 2 atom stereocenters. The third-order valence-electron chi connectivity index (χ3n) is 3.70. The zero-order valence-electron chi connectivity index (χ0n) is 11.0. The molecule has 0 aromatic heterocycles. The largest absolute Gasteiger partial charge is 0.573 e. The van der Waals surface area contributed by atoms with Gasteiger partial charge in [-0.2, -0.15) is 0 Å². The minimum atomic E-state index is -4.72. The van der Waals surface area contributed by atoms with Crippen molar-refractivity contribution in [1.82, 2.24) is 4.90 Å². The Kier molecular flexibility index (Phi) is 3.20. The molecule has 1 aromatic rings. The average molecular weight is 301 g/mol. The SMILES string of the molecule is NC1CC2CN(c3ccc(OC(F)(F)F)cc3)C(=O)N2C1. The molecular weight excluding hydrogens is 287 g/mol. The first-order valence-corrected chi connectivity index (χ1v) is 6.53. The van der Waals surface area contributed by atoms with Crippen LogP contribution in [-0.2, 0) is 0 Å². The summed E-state index contributed by atoms with van der Waals surface area (Å²) in [6, 6.07) is 5.22. The number of benzene rings is 1. The van der Waals surface area contributed by atoms with E-state index in [1.165, 1.54) is 24.3 Å². The highest BCUT2D eigenvalue weighted by molar-refractivity contribution is 5.95. The molecule has 2 unspecified atom stereocenters. The number of nitrogens with zero attached hydrogens (tertiary/aromatic N) is 2. The Bertz CT molecular complexity index is 547. The normalized spacial score (nSPS) is 25.4. The first kappa shape index (κ1) is 14.0. The van der Waals surface area contributed by atoms with Crippen LogP contribution in [0.1, 0.15) is 6.42 Å². The molecule has 1 aromatic carbocycles. The van der Waals surface area contributed by atoms with E-state index < -0.39 is 6.36 Å². The summed E-state index contributed by atoms with van der Waals surface area (Å²) in [7, 11) is 0. The second kappa shape index (κ2) is 4.80. The molecule has 0 radical (unpaired) electrons. The van der Waals surface area contributed by atoms with Gasteiger partial charge in [0.2, 0.25) is 0 Å². The van der Waals surface area contributed by atoms with Crippen molar-refractivity contribution in [3.8, 4) is 5.75 Å². The fourth-order valence-corrected chi connectivity index (χ4v) is 2.85. The Morgan fingerprint density at radius 3 is 2.43 bits per heavy atom. The van der Waals surface area contributed by atoms with Gasteiger partial charge >= 0.3 is 12.4 Å². The van der Waals surface area contributed by atoms with Crippen molar-refractivity contribution in [2.75, 3.05) is 18.0 Å². The summed E-state index contributed by atoms with van der Waals surface area (Å²) in [4.78, 5) is 15.5. The molecule has 2 aliphatic rings. The van der Waals surface area contributed by atoms with Crippen LogP contribution in [0, 0.1) is 0 Å². The van der Waals surface area contributed by atoms with Crippen molar-refractivity contribution < 1.29 is 22.7 Å². The van der Waals surface area contributed by atoms with E-state index in [0.717, 1.165) is 6.42 Å². The predicted molar refractivity (Wildman–Crippen MR) is 69.0 cm³/mol. The monoisotopic (exact) mass is 301 g/mol. The number of anilines is 1. The number of ether oxygens (including phenoxy) is 1. The molecule has 8 heteroatoms. The van der Waals surface area contributed by atoms with Crippen molar-refractivity contribution in [3.05, 3.63) is 24.3 Å². The van der Waals surface area contributed by atoms with Crippen LogP contribution in [0.3, 0.4) is 0 Å². The Balaban J connectivity index is 1.72. The van der Waals surface area contributed by atoms with Gasteiger partial charge in [0, 0.05) is 24.8 Å². The molecule has 2 aliphatic heterocycles. The van der Waals surface area contributed by atoms with Gasteiger partial charge in [0.15, 0.2) is 0 Å². The fraction of sp³-hybridized carbons (Fsp3) is 0.462. The second-order valence-corrected chi connectivity index (χ2v) is 5.24. The third kappa shape index (κ3) is 2.76. The number of hydrogen-bond acceptors (Lipinski definition) is 3. The van der Waals surface area contributed by atoms with Gasteiger partial charge < -0.3 is 15.4 Å². The Labute approximate surface area is 119 Å². The number of alkyl halides is 3. The number of amides is 2. The molecule has 0 bridgehead atoms. The van der Waals surface area contributed by atoms with Crippen molar-refractivity contribution in [2.45, 2.75) is 24.9 Å². The number of fused-ring (bicyclic) bond motifs is 1. The lowest BCUT2D eigenvalue weighted by Crippen LogP contribution is -2.35. The van der Waals surface area contributed by atoms with Gasteiger partial charge in [-0.25, -0.2) is 4.79 Å². The summed E-state index contributed by atoms with van der Waals surface area (Å²) in [6.45, 7) is 1.03. The van der Waals surface area contributed by atoms with Gasteiger partial charge in [-0.05, 0) is 30.7 Å². The van der Waals surface area contributed by atoms with Gasteiger partial charge in [-0.1, -0.05) is 0 Å². The van der Waals surface area contributed by atoms with Crippen LogP contribution in [0.2, 0.25) is 0 Å². The quantitative estimate of drug-likeness (QED) is 0.908. The lowest BCUT2D eigenvalue weighted by Gasteiger charge is -2.18. The fourth-order valence-electron chi connectivity index (χ4n) is 2.85. The number of hydrogen-bond donors (Lipinski definition) is 1. The van der Waals surface area contributed by atoms with Gasteiger partial charge in [-0.15, -0.1) is 13.2 Å². The van der Waals surface area contributed by atoms with Crippen molar-refractivity contribution in [1.29, 1.82) is 0 Å². The number of nitrogens with two attached hydrogens (primary N) is 1. The molecule has 114 valence electrons. The minimum Gasteiger partial charge on any atom is -0.406 e. The van der Waals surface area contributed by atoms with Crippen LogP contribution >= 0.6 is 0 Å². The molecule has 21 heavy (non-hydrogen) atoms. The predicted octanol–water partition coefficient (Wildman–Crippen LogP) is 1.93. The van der Waals surface area contributed by atoms with Crippen LogP contribution in [0.15, 0.2) is 24.3 Å². The molecule has 2 fully saturated rings. The number of urea groups is 1. The summed E-state index contributed by atoms with van der Waals surface area (Å²) in [5.41, 5.74) is 6.37. The molecule has 5 nitrogen and oxygen atoms in total. The topological polar surface area (TPSA) is 58.8 Å². The number of rotatable bonds is 2. The molecule has 2 amide bonds. The maximum absolute atomic E-state index is 12.2. The van der Waals surface area contributed by atoms with E-state index in [4.69, 9.17) is 5.73 Å². The summed E-state index contributed by atoms with van der Waals surface area (Å²) >= 11 is 0. The van der Waals surface area contributed by atoms with Crippen LogP contribution in [0.5, 0.6) is 5.75 Å². The second-order valence-electron chi connectivity index (χ2n) is 5.24. The lowest BCUT2D eigenvalue weighted by atomic mass is 10.2. The lowest BCUT2D eigenvalue weighted by molar-refractivity contribution is -0.274. The first-order valence-electron chi connectivity index (χ1n) is 6.53. The van der Waals surface area contributed by atoms with Gasteiger partial charge in [0.25, 0.3) is 0 Å². The number of carbonyl (C=O) groups is 1. The Morgan fingerprint density at radius 1 is 1.19 bits per heavy atom. The van der Waals surface area contributed by atoms with E-state index in [1.54, 1.807) is 9.80 Å². The molecule has 0 saturated carbocycles. The Hall–Kier alpha value is -1.96. The zero-order valence-corrected chi connectivity index (χ0v) is 11.0. The van der Waals surface area contributed by atoms with Crippen molar-refractivity contribution >= 4 is 11.7 Å². The van der Waals surface area contributed by atoms with E-state index in [2.05, 4.69) is 4.74 Å². The van der Waals surface area contributed by atoms with E-state index in [0.29, 0.717) is 18.8 Å². The smallest absolute Gasteiger partial charge is 0.406 e. The highest BCUT2D eigenvalue weighted by atomic mass is 19.4. The molecule has 2 saturated heterocycles. The molecule has 3 rings (SSSR count). The van der Waals surface area contributed by atoms with Crippen LogP contribution < -0.4 is 15.4 Å².